The lowest BCUT2D eigenvalue weighted by Crippen LogP contribution is -2.47. The third-order valence-corrected chi connectivity index (χ3v) is 6.80. The van der Waals surface area contributed by atoms with Crippen molar-refractivity contribution in [1.29, 1.82) is 0 Å². The highest BCUT2D eigenvalue weighted by Crippen LogP contribution is 2.19. The van der Waals surface area contributed by atoms with E-state index in [4.69, 9.17) is 4.74 Å². The van der Waals surface area contributed by atoms with Gasteiger partial charge < -0.3 is 24.8 Å². The zero-order chi connectivity index (χ0) is 29.4. The number of carbonyl (C=O) groups is 3. The van der Waals surface area contributed by atoms with Gasteiger partial charge in [-0.2, -0.15) is 0 Å². The number of anilines is 1. The van der Waals surface area contributed by atoms with Crippen LogP contribution in [0.15, 0.2) is 79.0 Å². The first kappa shape index (κ1) is 29.3. The number of rotatable bonds is 11. The lowest BCUT2D eigenvalue weighted by Gasteiger charge is -2.30. The fourth-order valence-electron chi connectivity index (χ4n) is 4.53. The first-order chi connectivity index (χ1) is 19.7. The molecule has 0 radical (unpaired) electrons. The molecule has 214 valence electrons. The Hall–Kier alpha value is -4.66. The van der Waals surface area contributed by atoms with Gasteiger partial charge in [0.15, 0.2) is 0 Å². The molecule has 0 atom stereocenters. The molecule has 0 aliphatic heterocycles. The molecule has 0 bridgehead atoms. The van der Waals surface area contributed by atoms with Gasteiger partial charge >= 0.3 is 12.0 Å². The monoisotopic (exact) mass is 558 g/mol. The molecule has 4 rings (SSSR count). The number of fused-ring (bicyclic) bond motifs is 1. The Morgan fingerprint density at radius 3 is 2.37 bits per heavy atom. The number of halogens is 1. The van der Waals surface area contributed by atoms with Crippen LogP contribution in [0, 0.1) is 5.82 Å². The van der Waals surface area contributed by atoms with E-state index in [1.165, 1.54) is 17.0 Å². The van der Waals surface area contributed by atoms with Gasteiger partial charge in [-0.25, -0.2) is 14.0 Å². The van der Waals surface area contributed by atoms with E-state index in [0.717, 1.165) is 22.0 Å². The van der Waals surface area contributed by atoms with Crippen LogP contribution in [-0.4, -0.2) is 58.4 Å². The third-order valence-electron chi connectivity index (χ3n) is 6.80. The van der Waals surface area contributed by atoms with Gasteiger partial charge in [0.05, 0.1) is 12.2 Å². The summed E-state index contributed by atoms with van der Waals surface area (Å²) in [6.45, 7) is 6.25. The molecule has 8 nitrogen and oxygen atoms in total. The summed E-state index contributed by atoms with van der Waals surface area (Å²) in [5, 5.41) is 3.91. The summed E-state index contributed by atoms with van der Waals surface area (Å²) in [7, 11) is 0. The van der Waals surface area contributed by atoms with Gasteiger partial charge in [-0.1, -0.05) is 30.3 Å². The fraction of sp³-hybridized carbons (Fsp3) is 0.281. The molecule has 1 aromatic heterocycles. The van der Waals surface area contributed by atoms with Crippen molar-refractivity contribution in [1.82, 2.24) is 14.8 Å². The number of esters is 1. The van der Waals surface area contributed by atoms with E-state index in [1.807, 2.05) is 44.3 Å². The maximum Gasteiger partial charge on any atom is 0.338 e. The average molecular weight is 559 g/mol. The number of H-pyrrole nitrogens is 1. The molecule has 0 aliphatic rings. The predicted octanol–water partition coefficient (Wildman–Crippen LogP) is 6.00. The Kier molecular flexibility index (Phi) is 9.73. The van der Waals surface area contributed by atoms with Crippen molar-refractivity contribution in [3.05, 3.63) is 102 Å². The van der Waals surface area contributed by atoms with Crippen molar-refractivity contribution in [3.63, 3.8) is 0 Å². The summed E-state index contributed by atoms with van der Waals surface area (Å²) in [6.07, 6.45) is 2.56. The van der Waals surface area contributed by atoms with Crippen molar-refractivity contribution < 1.29 is 23.5 Å². The van der Waals surface area contributed by atoms with E-state index in [0.29, 0.717) is 24.2 Å². The van der Waals surface area contributed by atoms with Gasteiger partial charge in [-0.15, -0.1) is 0 Å². The van der Waals surface area contributed by atoms with Gasteiger partial charge in [0, 0.05) is 41.9 Å². The van der Waals surface area contributed by atoms with Gasteiger partial charge in [0.2, 0.25) is 5.91 Å². The zero-order valence-electron chi connectivity index (χ0n) is 23.5. The van der Waals surface area contributed by atoms with E-state index in [2.05, 4.69) is 10.3 Å². The number of nitrogens with zero attached hydrogens (tertiary/aromatic N) is 2. The number of carbonyl (C=O) groups excluding carboxylic acids is 3. The molecule has 3 aromatic carbocycles. The van der Waals surface area contributed by atoms with Crippen molar-refractivity contribution >= 4 is 34.5 Å². The first-order valence-electron chi connectivity index (χ1n) is 13.7. The summed E-state index contributed by atoms with van der Waals surface area (Å²) in [5.74, 6) is -1.01. The molecular weight excluding hydrogens is 523 g/mol. The quantitative estimate of drug-likeness (QED) is 0.221. The van der Waals surface area contributed by atoms with Gasteiger partial charge in [0.25, 0.3) is 0 Å². The number of aromatic nitrogens is 1. The Morgan fingerprint density at radius 1 is 0.976 bits per heavy atom. The number of amides is 3. The molecule has 9 heteroatoms. The number of nitrogens with one attached hydrogen (secondary N) is 2. The Morgan fingerprint density at radius 2 is 1.68 bits per heavy atom. The fourth-order valence-corrected chi connectivity index (χ4v) is 4.53. The number of aromatic amines is 1. The van der Waals surface area contributed by atoms with Gasteiger partial charge in [-0.05, 0) is 80.8 Å². The molecule has 4 aromatic rings. The Bertz CT molecular complexity index is 1480. The molecule has 1 heterocycles. The number of hydrogen-bond donors (Lipinski definition) is 2. The molecule has 0 unspecified atom stereocenters. The Balaban J connectivity index is 1.47. The van der Waals surface area contributed by atoms with Crippen LogP contribution in [-0.2, 0) is 22.5 Å². The average Bonchev–Trinajstić information content (AvgIpc) is 3.38. The highest BCUT2D eigenvalue weighted by Gasteiger charge is 2.24. The predicted molar refractivity (Wildman–Crippen MR) is 157 cm³/mol. The van der Waals surface area contributed by atoms with Crippen LogP contribution in [0.4, 0.5) is 14.9 Å². The van der Waals surface area contributed by atoms with Gasteiger partial charge in [-0.3, -0.25) is 4.79 Å². The van der Waals surface area contributed by atoms with Crippen LogP contribution in [0.2, 0.25) is 0 Å². The topological polar surface area (TPSA) is 94.7 Å². The molecule has 0 spiro atoms. The Labute approximate surface area is 239 Å². The van der Waals surface area contributed by atoms with Crippen molar-refractivity contribution in [2.45, 2.75) is 39.8 Å². The third kappa shape index (κ3) is 7.72. The van der Waals surface area contributed by atoms with Crippen LogP contribution < -0.4 is 5.32 Å². The molecule has 41 heavy (non-hydrogen) atoms. The van der Waals surface area contributed by atoms with Crippen LogP contribution >= 0.6 is 0 Å². The summed E-state index contributed by atoms with van der Waals surface area (Å²) in [6, 6.07) is 19.7. The highest BCUT2D eigenvalue weighted by molar-refractivity contribution is 5.94. The van der Waals surface area contributed by atoms with E-state index >= 15 is 0 Å². The number of para-hydroxylation sites is 1. The molecule has 0 aliphatic carbocycles. The smallest absolute Gasteiger partial charge is 0.338 e. The minimum atomic E-state index is -0.436. The molecule has 3 amide bonds. The van der Waals surface area contributed by atoms with E-state index in [1.54, 1.807) is 48.2 Å². The van der Waals surface area contributed by atoms with E-state index < -0.39 is 12.0 Å². The van der Waals surface area contributed by atoms with Gasteiger partial charge in [0.1, 0.15) is 12.4 Å². The molecule has 0 fully saturated rings. The summed E-state index contributed by atoms with van der Waals surface area (Å²) in [5.41, 5.74) is 3.77. The lowest BCUT2D eigenvalue weighted by molar-refractivity contribution is -0.132. The SMILES string of the molecule is CCOC(=O)c1ccc(NC(=O)N(CC(=O)N(CCc2c[nH]c3ccccc23)Cc2ccc(F)cc2)C(C)C)cc1. The normalized spacial score (nSPS) is 11.0. The minimum absolute atomic E-state index is 0.139. The number of hydrogen-bond acceptors (Lipinski definition) is 4. The maximum atomic E-state index is 13.7. The largest absolute Gasteiger partial charge is 0.462 e. The molecular formula is C32H35FN4O4. The summed E-state index contributed by atoms with van der Waals surface area (Å²) >= 11 is 0. The van der Waals surface area contributed by atoms with Crippen molar-refractivity contribution in [2.24, 2.45) is 0 Å². The molecule has 0 saturated heterocycles. The number of urea groups is 1. The second kappa shape index (κ2) is 13.6. The standard InChI is InChI=1S/C32H35FN4O4/c1-4-41-31(39)24-11-15-27(16-12-24)35-32(40)37(22(2)3)21-30(38)36(20-23-9-13-26(33)14-10-23)18-17-25-19-34-29-8-6-5-7-28(25)29/h5-16,19,22,34H,4,17-18,20-21H2,1-3H3,(H,35,40). The van der Waals surface area contributed by atoms with Crippen LogP contribution in [0.3, 0.4) is 0 Å². The second-order valence-electron chi connectivity index (χ2n) is 10.0. The lowest BCUT2D eigenvalue weighted by atomic mass is 10.1. The molecule has 0 saturated carbocycles. The highest BCUT2D eigenvalue weighted by atomic mass is 19.1. The number of ether oxygens (including phenoxy) is 1. The van der Waals surface area contributed by atoms with Crippen molar-refractivity contribution in [3.8, 4) is 0 Å². The van der Waals surface area contributed by atoms with E-state index in [9.17, 15) is 18.8 Å². The minimum Gasteiger partial charge on any atom is -0.462 e. The van der Waals surface area contributed by atoms with Crippen LogP contribution in [0.1, 0.15) is 42.3 Å². The van der Waals surface area contributed by atoms with E-state index in [-0.39, 0.29) is 37.5 Å². The summed E-state index contributed by atoms with van der Waals surface area (Å²) in [4.78, 5) is 45.2. The van der Waals surface area contributed by atoms with Crippen molar-refractivity contribution in [2.75, 3.05) is 25.0 Å². The summed E-state index contributed by atoms with van der Waals surface area (Å²) < 4.78 is 18.5. The van der Waals surface area contributed by atoms with Crippen LogP contribution in [0.25, 0.3) is 10.9 Å². The first-order valence-corrected chi connectivity index (χ1v) is 13.7. The zero-order valence-corrected chi connectivity index (χ0v) is 23.5. The second-order valence-corrected chi connectivity index (χ2v) is 10.0. The van der Waals surface area contributed by atoms with Crippen LogP contribution in [0.5, 0.6) is 0 Å². The molecule has 2 N–H and O–H groups in total. The number of benzene rings is 3. The maximum absolute atomic E-state index is 13.7.